The molecule has 2 aromatic rings. The van der Waals surface area contributed by atoms with Crippen molar-refractivity contribution in [3.8, 4) is 11.8 Å². The van der Waals surface area contributed by atoms with Gasteiger partial charge in [0.25, 0.3) is 0 Å². The topological polar surface area (TPSA) is 75.0 Å². The van der Waals surface area contributed by atoms with E-state index in [4.69, 9.17) is 16.3 Å². The Kier molecular flexibility index (Phi) is 6.90. The maximum Gasteiger partial charge on any atom is 0.238 e. The zero-order valence-electron chi connectivity index (χ0n) is 15.1. The summed E-state index contributed by atoms with van der Waals surface area (Å²) in [6.07, 6.45) is 0.589. The maximum absolute atomic E-state index is 12.8. The summed E-state index contributed by atoms with van der Waals surface area (Å²) in [5.74, 6) is 0.324. The Balaban J connectivity index is 2.24. The van der Waals surface area contributed by atoms with Crippen LogP contribution in [0.3, 0.4) is 0 Å². The molecule has 2 rings (SSSR count). The molecule has 0 aliphatic heterocycles. The van der Waals surface area contributed by atoms with Crippen LogP contribution < -0.4 is 10.1 Å². The molecule has 0 aliphatic carbocycles. The quantitative estimate of drug-likeness (QED) is 0.722. The fraction of sp³-hybridized carbons (Fsp3) is 0.316. The molecule has 26 heavy (non-hydrogen) atoms. The molecule has 0 bridgehead atoms. The van der Waals surface area contributed by atoms with Gasteiger partial charge >= 0.3 is 0 Å². The number of aromatic nitrogens is 1. The zero-order chi connectivity index (χ0) is 19.3. The standard InChI is InChI=1S/C19H20ClN3O2S/c1-5-17(26-19-13(10-21)7-6-12(3)22-19)18(24)23-15-8-11(2)14(20)9-16(15)25-4/h6-9,17H,5H2,1-4H3,(H,23,24). The molecule has 1 aromatic carbocycles. The van der Waals surface area contributed by atoms with Crippen LogP contribution in [0.4, 0.5) is 5.69 Å². The minimum absolute atomic E-state index is 0.176. The Hall–Kier alpha value is -2.23. The summed E-state index contributed by atoms with van der Waals surface area (Å²) in [6.45, 7) is 5.64. The smallest absolute Gasteiger partial charge is 0.238 e. The molecule has 1 heterocycles. The van der Waals surface area contributed by atoms with Gasteiger partial charge in [-0.2, -0.15) is 5.26 Å². The Morgan fingerprint density at radius 1 is 1.42 bits per heavy atom. The molecule has 0 radical (unpaired) electrons. The molecule has 1 atom stereocenters. The third kappa shape index (κ3) is 4.69. The summed E-state index contributed by atoms with van der Waals surface area (Å²) in [6, 6.07) is 9.09. The highest BCUT2D eigenvalue weighted by Gasteiger charge is 2.22. The summed E-state index contributed by atoms with van der Waals surface area (Å²) in [5.41, 5.74) is 2.68. The minimum atomic E-state index is -0.392. The number of carbonyl (C=O) groups excluding carboxylic acids is 1. The van der Waals surface area contributed by atoms with Gasteiger partial charge in [-0.25, -0.2) is 4.98 Å². The Morgan fingerprint density at radius 3 is 2.77 bits per heavy atom. The minimum Gasteiger partial charge on any atom is -0.495 e. The number of amides is 1. The summed E-state index contributed by atoms with van der Waals surface area (Å²) < 4.78 is 5.30. The molecule has 0 spiro atoms. The van der Waals surface area contributed by atoms with Gasteiger partial charge in [0, 0.05) is 16.8 Å². The normalized spacial score (nSPS) is 11.5. The van der Waals surface area contributed by atoms with E-state index in [0.717, 1.165) is 11.3 Å². The van der Waals surface area contributed by atoms with Gasteiger partial charge in [-0.15, -0.1) is 0 Å². The summed E-state index contributed by atoms with van der Waals surface area (Å²) >= 11 is 7.40. The number of rotatable bonds is 6. The lowest BCUT2D eigenvalue weighted by Crippen LogP contribution is -2.25. The van der Waals surface area contributed by atoms with E-state index in [1.807, 2.05) is 20.8 Å². The van der Waals surface area contributed by atoms with Crippen LogP contribution >= 0.6 is 23.4 Å². The first kappa shape index (κ1) is 20.1. The second-order valence-electron chi connectivity index (χ2n) is 5.72. The second kappa shape index (κ2) is 8.93. The van der Waals surface area contributed by atoms with Crippen LogP contribution in [0.1, 0.15) is 30.2 Å². The average Bonchev–Trinajstić information content (AvgIpc) is 2.62. The van der Waals surface area contributed by atoms with Crippen LogP contribution in [0, 0.1) is 25.2 Å². The number of pyridine rings is 1. The van der Waals surface area contributed by atoms with Gasteiger partial charge < -0.3 is 10.1 Å². The lowest BCUT2D eigenvalue weighted by molar-refractivity contribution is -0.115. The van der Waals surface area contributed by atoms with Crippen molar-refractivity contribution < 1.29 is 9.53 Å². The predicted molar refractivity (Wildman–Crippen MR) is 105 cm³/mol. The first-order valence-electron chi connectivity index (χ1n) is 8.09. The van der Waals surface area contributed by atoms with Crippen molar-refractivity contribution in [2.24, 2.45) is 0 Å². The van der Waals surface area contributed by atoms with E-state index >= 15 is 0 Å². The number of aryl methyl sites for hydroxylation is 2. The number of nitrogens with zero attached hydrogens (tertiary/aromatic N) is 2. The first-order valence-corrected chi connectivity index (χ1v) is 9.34. The number of halogens is 1. The second-order valence-corrected chi connectivity index (χ2v) is 7.32. The molecule has 0 aliphatic rings. The van der Waals surface area contributed by atoms with Crippen molar-refractivity contribution in [3.05, 3.63) is 46.1 Å². The Bertz CT molecular complexity index is 865. The molecule has 136 valence electrons. The first-order chi connectivity index (χ1) is 12.4. The number of benzene rings is 1. The fourth-order valence-electron chi connectivity index (χ4n) is 2.31. The molecular formula is C19H20ClN3O2S. The number of carbonyl (C=O) groups is 1. The van der Waals surface area contributed by atoms with Gasteiger partial charge in [0.15, 0.2) is 0 Å². The van der Waals surface area contributed by atoms with Crippen LogP contribution in [0.2, 0.25) is 5.02 Å². The monoisotopic (exact) mass is 389 g/mol. The molecule has 0 fully saturated rings. The highest BCUT2D eigenvalue weighted by molar-refractivity contribution is 8.00. The van der Waals surface area contributed by atoms with Gasteiger partial charge in [0.1, 0.15) is 16.8 Å². The third-order valence-electron chi connectivity index (χ3n) is 3.78. The molecule has 5 nitrogen and oxygen atoms in total. The number of thioether (sulfide) groups is 1. The van der Waals surface area contributed by atoms with E-state index in [9.17, 15) is 10.1 Å². The van der Waals surface area contributed by atoms with Crippen molar-refractivity contribution in [1.29, 1.82) is 5.26 Å². The van der Waals surface area contributed by atoms with Gasteiger partial charge in [-0.05, 0) is 44.0 Å². The number of nitriles is 1. The van der Waals surface area contributed by atoms with Crippen LogP contribution in [-0.2, 0) is 4.79 Å². The molecule has 1 N–H and O–H groups in total. The molecule has 1 aromatic heterocycles. The van der Waals surface area contributed by atoms with Gasteiger partial charge in [0.2, 0.25) is 5.91 Å². The lowest BCUT2D eigenvalue weighted by Gasteiger charge is -2.17. The SMILES string of the molecule is CCC(Sc1nc(C)ccc1C#N)C(=O)Nc1cc(C)c(Cl)cc1OC. The number of methoxy groups -OCH3 is 1. The predicted octanol–water partition coefficient (Wildman–Crippen LogP) is 4.74. The van der Waals surface area contributed by atoms with E-state index in [2.05, 4.69) is 16.4 Å². The number of hydrogen-bond donors (Lipinski definition) is 1. The Labute approximate surface area is 162 Å². The highest BCUT2D eigenvalue weighted by Crippen LogP contribution is 2.33. The van der Waals surface area contributed by atoms with E-state index in [0.29, 0.717) is 33.5 Å². The summed E-state index contributed by atoms with van der Waals surface area (Å²) in [5, 5.41) is 12.9. The van der Waals surface area contributed by atoms with Crippen molar-refractivity contribution in [2.45, 2.75) is 37.5 Å². The Morgan fingerprint density at radius 2 is 2.15 bits per heavy atom. The molecule has 7 heteroatoms. The van der Waals surface area contributed by atoms with Crippen molar-refractivity contribution in [2.75, 3.05) is 12.4 Å². The molecule has 0 saturated carbocycles. The number of ether oxygens (including phenoxy) is 1. The van der Waals surface area contributed by atoms with Crippen LogP contribution in [0.25, 0.3) is 0 Å². The number of anilines is 1. The van der Waals surface area contributed by atoms with E-state index in [-0.39, 0.29) is 5.91 Å². The van der Waals surface area contributed by atoms with Crippen LogP contribution in [-0.4, -0.2) is 23.3 Å². The number of hydrogen-bond acceptors (Lipinski definition) is 5. The van der Waals surface area contributed by atoms with Gasteiger partial charge in [0.05, 0.1) is 23.6 Å². The summed E-state index contributed by atoms with van der Waals surface area (Å²) in [7, 11) is 1.53. The van der Waals surface area contributed by atoms with Crippen LogP contribution in [0.5, 0.6) is 5.75 Å². The maximum atomic E-state index is 12.8. The fourth-order valence-corrected chi connectivity index (χ4v) is 3.50. The lowest BCUT2D eigenvalue weighted by atomic mass is 10.2. The molecule has 1 amide bonds. The van der Waals surface area contributed by atoms with Crippen molar-refractivity contribution in [1.82, 2.24) is 4.98 Å². The third-order valence-corrected chi connectivity index (χ3v) is 5.55. The largest absolute Gasteiger partial charge is 0.495 e. The van der Waals surface area contributed by atoms with Crippen molar-refractivity contribution in [3.63, 3.8) is 0 Å². The number of nitrogens with one attached hydrogen (secondary N) is 1. The van der Waals surface area contributed by atoms with E-state index < -0.39 is 5.25 Å². The van der Waals surface area contributed by atoms with Gasteiger partial charge in [-0.3, -0.25) is 4.79 Å². The van der Waals surface area contributed by atoms with Crippen LogP contribution in [0.15, 0.2) is 29.3 Å². The van der Waals surface area contributed by atoms with Gasteiger partial charge in [-0.1, -0.05) is 30.3 Å². The molecule has 0 saturated heterocycles. The summed E-state index contributed by atoms with van der Waals surface area (Å²) in [4.78, 5) is 17.2. The van der Waals surface area contributed by atoms with E-state index in [1.54, 1.807) is 24.3 Å². The molecule has 1 unspecified atom stereocenters. The highest BCUT2D eigenvalue weighted by atomic mass is 35.5. The van der Waals surface area contributed by atoms with Crippen molar-refractivity contribution >= 4 is 35.0 Å². The average molecular weight is 390 g/mol. The van der Waals surface area contributed by atoms with E-state index in [1.165, 1.54) is 18.9 Å². The molecular weight excluding hydrogens is 370 g/mol. The zero-order valence-corrected chi connectivity index (χ0v) is 16.7.